The fourth-order valence-electron chi connectivity index (χ4n) is 1.90. The van der Waals surface area contributed by atoms with Gasteiger partial charge in [-0.3, -0.25) is 0 Å². The summed E-state index contributed by atoms with van der Waals surface area (Å²) in [7, 11) is 0. The van der Waals surface area contributed by atoms with Crippen LogP contribution in [0, 0.1) is 0 Å². The van der Waals surface area contributed by atoms with Crippen LogP contribution in [0.15, 0.2) is 18.2 Å². The second-order valence-electron chi connectivity index (χ2n) is 3.92. The molecular weight excluding hydrogens is 212 g/mol. The van der Waals surface area contributed by atoms with E-state index in [0.717, 1.165) is 37.3 Å². The summed E-state index contributed by atoms with van der Waals surface area (Å²) in [4.78, 5) is 2.17. The van der Waals surface area contributed by atoms with Crippen LogP contribution in [0.1, 0.15) is 12.8 Å². The molecule has 3 nitrogen and oxygen atoms in total. The Kier molecular flexibility index (Phi) is 3.03. The first-order chi connectivity index (χ1) is 7.16. The van der Waals surface area contributed by atoms with Crippen molar-refractivity contribution >= 4 is 23.0 Å². The lowest BCUT2D eigenvalue weighted by Gasteiger charge is -2.32. The van der Waals surface area contributed by atoms with E-state index >= 15 is 0 Å². The van der Waals surface area contributed by atoms with Crippen LogP contribution in [0.25, 0.3) is 0 Å². The highest BCUT2D eigenvalue weighted by Gasteiger charge is 2.18. The summed E-state index contributed by atoms with van der Waals surface area (Å²) in [5.74, 6) is 0. The van der Waals surface area contributed by atoms with Crippen LogP contribution in [0.5, 0.6) is 0 Å². The van der Waals surface area contributed by atoms with Gasteiger partial charge in [0.15, 0.2) is 0 Å². The smallest absolute Gasteiger partial charge is 0.0614 e. The third-order valence-electron chi connectivity index (χ3n) is 2.80. The Labute approximate surface area is 94.4 Å². The molecule has 1 aromatic carbocycles. The van der Waals surface area contributed by atoms with E-state index in [4.69, 9.17) is 17.3 Å². The highest BCUT2D eigenvalue weighted by Crippen LogP contribution is 2.29. The summed E-state index contributed by atoms with van der Waals surface area (Å²) in [6, 6.07) is 5.50. The van der Waals surface area contributed by atoms with E-state index in [1.807, 2.05) is 12.1 Å². The molecule has 0 radical (unpaired) electrons. The minimum absolute atomic E-state index is 0.165. The van der Waals surface area contributed by atoms with E-state index in [-0.39, 0.29) is 6.10 Å². The number of nitrogen functional groups attached to an aromatic ring is 1. The summed E-state index contributed by atoms with van der Waals surface area (Å²) in [5.41, 5.74) is 7.62. The molecule has 0 unspecified atom stereocenters. The molecule has 3 N–H and O–H groups in total. The average Bonchev–Trinajstić information content (AvgIpc) is 2.23. The SMILES string of the molecule is Nc1ccc(Cl)cc1N1CCC(O)CC1. The van der Waals surface area contributed by atoms with E-state index in [9.17, 15) is 5.11 Å². The van der Waals surface area contributed by atoms with Crippen molar-refractivity contribution in [2.24, 2.45) is 0 Å². The molecule has 1 aliphatic rings. The molecule has 0 bridgehead atoms. The number of hydrogen-bond acceptors (Lipinski definition) is 3. The highest BCUT2D eigenvalue weighted by atomic mass is 35.5. The van der Waals surface area contributed by atoms with Crippen LogP contribution in [0.3, 0.4) is 0 Å². The number of rotatable bonds is 1. The molecule has 4 heteroatoms. The maximum atomic E-state index is 9.41. The molecule has 0 spiro atoms. The predicted octanol–water partition coefficient (Wildman–Crippen LogP) is 1.88. The second-order valence-corrected chi connectivity index (χ2v) is 4.36. The number of hydrogen-bond donors (Lipinski definition) is 2. The molecule has 1 heterocycles. The first kappa shape index (κ1) is 10.6. The van der Waals surface area contributed by atoms with Crippen molar-refractivity contribution in [3.05, 3.63) is 23.2 Å². The molecule has 0 saturated carbocycles. The Morgan fingerprint density at radius 2 is 2.00 bits per heavy atom. The monoisotopic (exact) mass is 226 g/mol. The minimum atomic E-state index is -0.165. The summed E-state index contributed by atoms with van der Waals surface area (Å²) in [5, 5.41) is 10.1. The van der Waals surface area contributed by atoms with E-state index in [2.05, 4.69) is 4.90 Å². The van der Waals surface area contributed by atoms with Crippen molar-refractivity contribution in [3.8, 4) is 0 Å². The first-order valence-electron chi connectivity index (χ1n) is 5.15. The maximum absolute atomic E-state index is 9.41. The number of halogens is 1. The van der Waals surface area contributed by atoms with Gasteiger partial charge in [-0.25, -0.2) is 0 Å². The topological polar surface area (TPSA) is 49.5 Å². The normalized spacial score (nSPS) is 18.1. The predicted molar refractivity (Wildman–Crippen MR) is 63.3 cm³/mol. The van der Waals surface area contributed by atoms with Gasteiger partial charge in [-0.1, -0.05) is 11.6 Å². The molecule has 2 rings (SSSR count). The number of piperidine rings is 1. The van der Waals surface area contributed by atoms with Crippen molar-refractivity contribution in [3.63, 3.8) is 0 Å². The van der Waals surface area contributed by atoms with E-state index in [0.29, 0.717) is 5.02 Å². The van der Waals surface area contributed by atoms with Gasteiger partial charge in [0.2, 0.25) is 0 Å². The van der Waals surface area contributed by atoms with Crippen molar-refractivity contribution in [2.75, 3.05) is 23.7 Å². The van der Waals surface area contributed by atoms with E-state index < -0.39 is 0 Å². The fourth-order valence-corrected chi connectivity index (χ4v) is 2.06. The van der Waals surface area contributed by atoms with Crippen LogP contribution in [0.4, 0.5) is 11.4 Å². The van der Waals surface area contributed by atoms with Gasteiger partial charge in [0.05, 0.1) is 17.5 Å². The largest absolute Gasteiger partial charge is 0.397 e. The van der Waals surface area contributed by atoms with Crippen LogP contribution < -0.4 is 10.6 Å². The number of nitrogens with zero attached hydrogens (tertiary/aromatic N) is 1. The number of anilines is 2. The van der Waals surface area contributed by atoms with Gasteiger partial charge < -0.3 is 15.7 Å². The summed E-state index contributed by atoms with van der Waals surface area (Å²) in [6.45, 7) is 1.68. The van der Waals surface area contributed by atoms with Crippen molar-refractivity contribution < 1.29 is 5.11 Å². The Morgan fingerprint density at radius 3 is 2.67 bits per heavy atom. The Morgan fingerprint density at radius 1 is 1.33 bits per heavy atom. The van der Waals surface area contributed by atoms with Gasteiger partial charge in [0.25, 0.3) is 0 Å². The van der Waals surface area contributed by atoms with Crippen molar-refractivity contribution in [1.82, 2.24) is 0 Å². The van der Waals surface area contributed by atoms with E-state index in [1.54, 1.807) is 6.07 Å². The lowest BCUT2D eigenvalue weighted by atomic mass is 10.1. The Bertz CT molecular complexity index is 348. The second kappa shape index (κ2) is 4.29. The molecule has 0 atom stereocenters. The minimum Gasteiger partial charge on any atom is -0.397 e. The van der Waals surface area contributed by atoms with E-state index in [1.165, 1.54) is 0 Å². The average molecular weight is 227 g/mol. The molecule has 1 aliphatic heterocycles. The van der Waals surface area contributed by atoms with Gasteiger partial charge in [-0.15, -0.1) is 0 Å². The van der Waals surface area contributed by atoms with Gasteiger partial charge in [-0.2, -0.15) is 0 Å². The molecule has 0 amide bonds. The number of nitrogens with two attached hydrogens (primary N) is 1. The van der Waals surface area contributed by atoms with Crippen LogP contribution in [-0.4, -0.2) is 24.3 Å². The van der Waals surface area contributed by atoms with Crippen LogP contribution >= 0.6 is 11.6 Å². The van der Waals surface area contributed by atoms with Gasteiger partial charge >= 0.3 is 0 Å². The van der Waals surface area contributed by atoms with Gasteiger partial charge in [-0.05, 0) is 31.0 Å². The third-order valence-corrected chi connectivity index (χ3v) is 3.03. The fraction of sp³-hybridized carbons (Fsp3) is 0.455. The molecule has 82 valence electrons. The number of aliphatic hydroxyl groups excluding tert-OH is 1. The quantitative estimate of drug-likeness (QED) is 0.719. The summed E-state index contributed by atoms with van der Waals surface area (Å²) < 4.78 is 0. The zero-order valence-corrected chi connectivity index (χ0v) is 9.24. The van der Waals surface area contributed by atoms with Crippen molar-refractivity contribution in [2.45, 2.75) is 18.9 Å². The maximum Gasteiger partial charge on any atom is 0.0614 e. The van der Waals surface area contributed by atoms with Crippen LogP contribution in [-0.2, 0) is 0 Å². The lowest BCUT2D eigenvalue weighted by Crippen LogP contribution is -2.36. The lowest BCUT2D eigenvalue weighted by molar-refractivity contribution is 0.145. The number of benzene rings is 1. The Balaban J connectivity index is 2.18. The zero-order valence-electron chi connectivity index (χ0n) is 8.49. The molecule has 1 fully saturated rings. The summed E-state index contributed by atoms with van der Waals surface area (Å²) in [6.07, 6.45) is 1.43. The molecule has 0 aliphatic carbocycles. The number of aliphatic hydroxyl groups is 1. The molecule has 1 aromatic rings. The molecule has 0 aromatic heterocycles. The molecule has 15 heavy (non-hydrogen) atoms. The van der Waals surface area contributed by atoms with Crippen molar-refractivity contribution in [1.29, 1.82) is 0 Å². The first-order valence-corrected chi connectivity index (χ1v) is 5.52. The zero-order chi connectivity index (χ0) is 10.8. The van der Waals surface area contributed by atoms with Gasteiger partial charge in [0, 0.05) is 18.1 Å². The van der Waals surface area contributed by atoms with Crippen LogP contribution in [0.2, 0.25) is 5.02 Å². The molecular formula is C11H15ClN2O. The Hall–Kier alpha value is -0.930. The summed E-state index contributed by atoms with van der Waals surface area (Å²) >= 11 is 5.93. The standard InChI is InChI=1S/C11H15ClN2O/c12-8-1-2-10(13)11(7-8)14-5-3-9(15)4-6-14/h1-2,7,9,15H,3-6,13H2. The highest BCUT2D eigenvalue weighted by molar-refractivity contribution is 6.31. The van der Waals surface area contributed by atoms with Gasteiger partial charge in [0.1, 0.15) is 0 Å². The third kappa shape index (κ3) is 2.36. The molecule has 1 saturated heterocycles.